The Hall–Kier alpha value is -3.21. The highest BCUT2D eigenvalue weighted by Gasteiger charge is 2.17. The zero-order valence-electron chi connectivity index (χ0n) is 14.4. The van der Waals surface area contributed by atoms with E-state index in [4.69, 9.17) is 0 Å². The zero-order chi connectivity index (χ0) is 17.6. The van der Waals surface area contributed by atoms with Gasteiger partial charge in [0.25, 0.3) is 5.56 Å². The van der Waals surface area contributed by atoms with Crippen LogP contribution in [0.1, 0.15) is 17.1 Å². The molecule has 0 atom stereocenters. The first kappa shape index (κ1) is 15.3. The molecule has 0 aliphatic heterocycles. The van der Waals surface area contributed by atoms with Gasteiger partial charge in [0, 0.05) is 28.2 Å². The van der Waals surface area contributed by atoms with Gasteiger partial charge in [-0.2, -0.15) is 9.78 Å². The second kappa shape index (κ2) is 5.70. The molecule has 0 bridgehead atoms. The Bertz CT molecular complexity index is 1120. The third-order valence-corrected chi connectivity index (χ3v) is 4.56. The van der Waals surface area contributed by atoms with E-state index in [0.29, 0.717) is 11.1 Å². The van der Waals surface area contributed by atoms with E-state index < -0.39 is 0 Å². The number of para-hydroxylation sites is 1. The van der Waals surface area contributed by atoms with E-state index in [1.54, 1.807) is 12.4 Å². The van der Waals surface area contributed by atoms with Gasteiger partial charge in [0.15, 0.2) is 0 Å². The highest BCUT2D eigenvalue weighted by atomic mass is 16.1. The van der Waals surface area contributed by atoms with Crippen molar-refractivity contribution in [2.24, 2.45) is 0 Å². The minimum absolute atomic E-state index is 0.126. The summed E-state index contributed by atoms with van der Waals surface area (Å²) in [5.41, 5.74) is 4.41. The van der Waals surface area contributed by atoms with Gasteiger partial charge in [-0.05, 0) is 45.0 Å². The Morgan fingerprint density at radius 1 is 0.840 bits per heavy atom. The molecule has 4 rings (SSSR count). The lowest BCUT2D eigenvalue weighted by atomic mass is 10.2. The van der Waals surface area contributed by atoms with E-state index in [2.05, 4.69) is 14.6 Å². The van der Waals surface area contributed by atoms with Crippen LogP contribution in [0.4, 0.5) is 0 Å². The van der Waals surface area contributed by atoms with Gasteiger partial charge in [-0.25, -0.2) is 0 Å². The number of hydrogen-bond donors (Lipinski definition) is 0. The maximum atomic E-state index is 13.1. The number of hydrogen-bond acceptors (Lipinski definition) is 3. The Kier molecular flexibility index (Phi) is 3.50. The largest absolute Gasteiger partial charge is 0.317 e. The molecule has 0 aliphatic carbocycles. The Labute approximate surface area is 145 Å². The molecule has 124 valence electrons. The van der Waals surface area contributed by atoms with Gasteiger partial charge >= 0.3 is 0 Å². The Morgan fingerprint density at radius 3 is 2.28 bits per heavy atom. The molecule has 3 heterocycles. The molecule has 0 amide bonds. The van der Waals surface area contributed by atoms with Crippen LogP contribution in [0.5, 0.6) is 0 Å². The summed E-state index contributed by atoms with van der Waals surface area (Å²) in [6.45, 7) is 5.90. The highest BCUT2D eigenvalue weighted by Crippen LogP contribution is 2.26. The lowest BCUT2D eigenvalue weighted by Gasteiger charge is -2.08. The molecule has 0 unspecified atom stereocenters. The number of aromatic nitrogens is 4. The predicted octanol–water partition coefficient (Wildman–Crippen LogP) is 3.50. The van der Waals surface area contributed by atoms with Gasteiger partial charge in [0.05, 0.1) is 23.5 Å². The number of benzene rings is 1. The summed E-state index contributed by atoms with van der Waals surface area (Å²) < 4.78 is 3.52. The van der Waals surface area contributed by atoms with Crippen LogP contribution in [0.3, 0.4) is 0 Å². The lowest BCUT2D eigenvalue weighted by Crippen LogP contribution is -2.21. The van der Waals surface area contributed by atoms with Crippen molar-refractivity contribution in [3.05, 3.63) is 82.3 Å². The monoisotopic (exact) mass is 330 g/mol. The van der Waals surface area contributed by atoms with Crippen molar-refractivity contribution < 1.29 is 0 Å². The SMILES string of the molecule is Cc1ccc(-n2ncc3c(C)n(-c4ccccc4)c(C)c3c2=O)cn1. The van der Waals surface area contributed by atoms with Crippen LogP contribution in [0.15, 0.2) is 59.7 Å². The summed E-state index contributed by atoms with van der Waals surface area (Å²) in [4.78, 5) is 17.4. The molecule has 0 N–H and O–H groups in total. The predicted molar refractivity (Wildman–Crippen MR) is 98.7 cm³/mol. The third kappa shape index (κ3) is 2.36. The maximum Gasteiger partial charge on any atom is 0.281 e. The first-order chi connectivity index (χ1) is 12.1. The number of aryl methyl sites for hydroxylation is 3. The highest BCUT2D eigenvalue weighted by molar-refractivity contribution is 5.88. The zero-order valence-corrected chi connectivity index (χ0v) is 14.4. The summed E-state index contributed by atoms with van der Waals surface area (Å²) in [6.07, 6.45) is 3.43. The van der Waals surface area contributed by atoms with E-state index in [0.717, 1.165) is 28.2 Å². The second-order valence-corrected chi connectivity index (χ2v) is 6.15. The summed E-state index contributed by atoms with van der Waals surface area (Å²) in [5, 5.41) is 5.94. The Balaban J connectivity index is 2.01. The number of pyridine rings is 1. The van der Waals surface area contributed by atoms with Gasteiger partial charge in [-0.1, -0.05) is 18.2 Å². The summed E-state index contributed by atoms with van der Waals surface area (Å²) >= 11 is 0. The summed E-state index contributed by atoms with van der Waals surface area (Å²) in [5.74, 6) is 0. The standard InChI is InChI=1S/C20H18N4O/c1-13-9-10-17(11-21-13)24-20(25)19-15(3)23(14(2)18(19)12-22-24)16-7-5-4-6-8-16/h4-12H,1-3H3. The molecule has 0 radical (unpaired) electrons. The average molecular weight is 330 g/mol. The fourth-order valence-corrected chi connectivity index (χ4v) is 3.29. The normalized spacial score (nSPS) is 11.2. The molecule has 5 heteroatoms. The molecule has 0 saturated carbocycles. The average Bonchev–Trinajstić information content (AvgIpc) is 2.88. The van der Waals surface area contributed by atoms with Crippen LogP contribution >= 0.6 is 0 Å². The minimum atomic E-state index is -0.126. The van der Waals surface area contributed by atoms with Crippen LogP contribution in [0.25, 0.3) is 22.1 Å². The van der Waals surface area contributed by atoms with Crippen LogP contribution in [0, 0.1) is 20.8 Å². The van der Waals surface area contributed by atoms with Crippen LogP contribution in [0.2, 0.25) is 0 Å². The Morgan fingerprint density at radius 2 is 1.60 bits per heavy atom. The summed E-state index contributed by atoms with van der Waals surface area (Å²) in [7, 11) is 0. The second-order valence-electron chi connectivity index (χ2n) is 6.15. The van der Waals surface area contributed by atoms with Crippen molar-refractivity contribution in [3.63, 3.8) is 0 Å². The van der Waals surface area contributed by atoms with Crippen LogP contribution < -0.4 is 5.56 Å². The lowest BCUT2D eigenvalue weighted by molar-refractivity contribution is 0.814. The maximum absolute atomic E-state index is 13.1. The van der Waals surface area contributed by atoms with Crippen molar-refractivity contribution in [2.75, 3.05) is 0 Å². The molecule has 0 fully saturated rings. The molecule has 4 aromatic rings. The number of nitrogens with zero attached hydrogens (tertiary/aromatic N) is 4. The molecular weight excluding hydrogens is 312 g/mol. The van der Waals surface area contributed by atoms with Gasteiger partial charge in [-0.15, -0.1) is 0 Å². The minimum Gasteiger partial charge on any atom is -0.317 e. The van der Waals surface area contributed by atoms with Crippen molar-refractivity contribution in [1.82, 2.24) is 19.3 Å². The molecule has 1 aromatic carbocycles. The molecule has 25 heavy (non-hydrogen) atoms. The quantitative estimate of drug-likeness (QED) is 0.565. The molecule has 3 aromatic heterocycles. The molecule has 0 saturated heterocycles. The first-order valence-corrected chi connectivity index (χ1v) is 8.16. The van der Waals surface area contributed by atoms with Gasteiger partial charge < -0.3 is 4.57 Å². The van der Waals surface area contributed by atoms with Crippen LogP contribution in [-0.2, 0) is 0 Å². The van der Waals surface area contributed by atoms with E-state index in [9.17, 15) is 4.79 Å². The van der Waals surface area contributed by atoms with E-state index in [1.807, 2.05) is 63.2 Å². The van der Waals surface area contributed by atoms with Crippen molar-refractivity contribution in [3.8, 4) is 11.4 Å². The van der Waals surface area contributed by atoms with E-state index in [1.165, 1.54) is 4.68 Å². The molecule has 0 spiro atoms. The number of rotatable bonds is 2. The fourth-order valence-electron chi connectivity index (χ4n) is 3.29. The van der Waals surface area contributed by atoms with Gasteiger partial charge in [-0.3, -0.25) is 9.78 Å². The topological polar surface area (TPSA) is 52.7 Å². The van der Waals surface area contributed by atoms with Crippen LogP contribution in [-0.4, -0.2) is 19.3 Å². The van der Waals surface area contributed by atoms with E-state index in [-0.39, 0.29) is 5.56 Å². The molecule has 0 aliphatic rings. The van der Waals surface area contributed by atoms with E-state index >= 15 is 0 Å². The fraction of sp³-hybridized carbons (Fsp3) is 0.150. The first-order valence-electron chi connectivity index (χ1n) is 8.16. The summed E-state index contributed by atoms with van der Waals surface area (Å²) in [6, 6.07) is 13.8. The molecule has 5 nitrogen and oxygen atoms in total. The third-order valence-electron chi connectivity index (χ3n) is 4.56. The van der Waals surface area contributed by atoms with Crippen molar-refractivity contribution in [1.29, 1.82) is 0 Å². The van der Waals surface area contributed by atoms with Crippen molar-refractivity contribution in [2.45, 2.75) is 20.8 Å². The molecular formula is C20H18N4O. The number of fused-ring (bicyclic) bond motifs is 1. The van der Waals surface area contributed by atoms with Gasteiger partial charge in [0.2, 0.25) is 0 Å². The van der Waals surface area contributed by atoms with Crippen molar-refractivity contribution >= 4 is 10.8 Å². The van der Waals surface area contributed by atoms with Gasteiger partial charge in [0.1, 0.15) is 0 Å². The smallest absolute Gasteiger partial charge is 0.281 e.